The summed E-state index contributed by atoms with van der Waals surface area (Å²) in [5.74, 6) is 9.58. The molecule has 91 heavy (non-hydrogen) atoms. The molecule has 4 atom stereocenters. The van der Waals surface area contributed by atoms with Gasteiger partial charge in [0.05, 0.1) is 25.7 Å². The third kappa shape index (κ3) is 20.0. The molecular formula is C75H102O14Si2. The van der Waals surface area contributed by atoms with Gasteiger partial charge in [-0.1, -0.05) is 116 Å². The molecule has 2 heterocycles. The minimum Gasteiger partial charge on any atom is -0.494 e. The molecule has 0 N–H and O–H groups in total. The van der Waals surface area contributed by atoms with Gasteiger partial charge < -0.3 is 65.7 Å². The van der Waals surface area contributed by atoms with Crippen molar-refractivity contribution in [1.82, 2.24) is 0 Å². The van der Waals surface area contributed by atoms with Crippen molar-refractivity contribution in [1.29, 1.82) is 0 Å². The van der Waals surface area contributed by atoms with Crippen molar-refractivity contribution in [3.8, 4) is 58.0 Å². The summed E-state index contributed by atoms with van der Waals surface area (Å²) in [6.45, 7) is 31.3. The van der Waals surface area contributed by atoms with Crippen LogP contribution in [0.2, 0.25) is 36.3 Å². The molecule has 4 unspecified atom stereocenters. The van der Waals surface area contributed by atoms with Crippen molar-refractivity contribution in [2.75, 3.05) is 88.6 Å². The highest BCUT2D eigenvalue weighted by molar-refractivity contribution is 6.74. The lowest BCUT2D eigenvalue weighted by Gasteiger charge is -2.43. The third-order valence-electron chi connectivity index (χ3n) is 18.4. The molecule has 2 aliphatic rings. The zero-order valence-electron chi connectivity index (χ0n) is 57.2. The first-order chi connectivity index (χ1) is 43.4. The van der Waals surface area contributed by atoms with E-state index in [1.54, 1.807) is 28.4 Å². The molecule has 16 heteroatoms. The summed E-state index contributed by atoms with van der Waals surface area (Å²) in [6.07, 6.45) is 8.85. The van der Waals surface area contributed by atoms with Crippen LogP contribution in [-0.2, 0) is 51.5 Å². The Balaban J connectivity index is 0.000000259. The van der Waals surface area contributed by atoms with E-state index < -0.39 is 22.0 Å². The van der Waals surface area contributed by atoms with E-state index in [0.717, 1.165) is 97.4 Å². The molecule has 8 rings (SSSR count). The molecule has 0 aliphatic carbocycles. The molecule has 0 bridgehead atoms. The Bertz CT molecular complexity index is 3220. The fourth-order valence-electron chi connectivity index (χ4n) is 10.7. The van der Waals surface area contributed by atoms with Crippen LogP contribution in [0.4, 0.5) is 0 Å². The predicted octanol–water partition coefficient (Wildman–Crippen LogP) is 17.0. The first-order valence-corrected chi connectivity index (χ1v) is 37.7. The van der Waals surface area contributed by atoms with Gasteiger partial charge in [0.25, 0.3) is 0 Å². The van der Waals surface area contributed by atoms with E-state index in [-0.39, 0.29) is 54.5 Å². The van der Waals surface area contributed by atoms with E-state index in [1.807, 2.05) is 66.7 Å². The zero-order chi connectivity index (χ0) is 65.7. The normalized spacial score (nSPS) is 17.9. The molecule has 2 aliphatic heterocycles. The SMILES string of the molecule is COCOc1ccc(C2(C)COc3cc(OCOC)ccc3C2C#COc2ccc(CCCO[Si](C)(C)C(C)(C)C)cc2)cc1.COCOc1ccc(C2(C)COc3cc(OCOC)ccc3C2CCCOc2ccc(CCCO[Si](C)(C)C(C)(C)C)cc2)cc1. The Labute approximate surface area is 546 Å². The Kier molecular flexibility index (Phi) is 26.4. The molecule has 14 nitrogen and oxygen atoms in total. The monoisotopic (exact) mass is 1280 g/mol. The number of rotatable bonds is 30. The fourth-order valence-corrected chi connectivity index (χ4v) is 12.8. The van der Waals surface area contributed by atoms with E-state index in [4.69, 9.17) is 65.7 Å². The molecular weight excluding hydrogens is 1180 g/mol. The molecule has 0 saturated heterocycles. The van der Waals surface area contributed by atoms with Crippen LogP contribution in [0.3, 0.4) is 0 Å². The second kappa shape index (κ2) is 33.4. The van der Waals surface area contributed by atoms with Crippen LogP contribution in [0.5, 0.6) is 46.0 Å². The van der Waals surface area contributed by atoms with Gasteiger partial charge in [-0.25, -0.2) is 0 Å². The molecule has 0 aromatic heterocycles. The number of hydrogen-bond acceptors (Lipinski definition) is 14. The number of fused-ring (bicyclic) bond motifs is 2. The predicted molar refractivity (Wildman–Crippen MR) is 366 cm³/mol. The summed E-state index contributed by atoms with van der Waals surface area (Å²) in [5.41, 5.74) is 6.32. The largest absolute Gasteiger partial charge is 0.494 e. The van der Waals surface area contributed by atoms with E-state index in [1.165, 1.54) is 22.3 Å². The summed E-state index contributed by atoms with van der Waals surface area (Å²) < 4.78 is 80.4. The highest BCUT2D eigenvalue weighted by Crippen LogP contribution is 2.51. The Morgan fingerprint density at radius 1 is 0.451 bits per heavy atom. The van der Waals surface area contributed by atoms with E-state index in [9.17, 15) is 0 Å². The maximum Gasteiger partial charge on any atom is 0.191 e. The standard InChI is InChI=1S/C38H54O7Si.C37H48O7Si/c1-37(2,3)46(7,8)45-24-9-11-29-13-17-31(18-14-29)41-23-10-12-35-34-22-21-33(44-28-40-6)25-36(34)42-26-38(35,4)30-15-19-32(20-16-30)43-27-39-5;1-36(2,3)45(7,8)44-22-9-10-28-11-15-30(16-12-28)40-23-21-34-33-20-19-32(43-27-39-6)24-35(33)41-25-37(34,4)29-13-17-31(18-14-29)42-26-38-5/h13-22,25,35H,9-12,23-24,26-28H2,1-8H3;11-20,24,34H,9-10,22,25-27H2,1-8H3. The summed E-state index contributed by atoms with van der Waals surface area (Å²) in [4.78, 5) is 0. The summed E-state index contributed by atoms with van der Waals surface area (Å²) in [5, 5.41) is 0.467. The zero-order valence-corrected chi connectivity index (χ0v) is 59.2. The average molecular weight is 1280 g/mol. The second-order valence-corrected chi connectivity index (χ2v) is 36.7. The molecule has 0 fully saturated rings. The second-order valence-electron chi connectivity index (χ2n) is 27.1. The maximum atomic E-state index is 6.38. The van der Waals surface area contributed by atoms with Crippen molar-refractivity contribution in [2.24, 2.45) is 0 Å². The van der Waals surface area contributed by atoms with Crippen molar-refractivity contribution in [3.05, 3.63) is 167 Å². The van der Waals surface area contributed by atoms with Crippen LogP contribution >= 0.6 is 0 Å². The number of ether oxygens (including phenoxy) is 12. The van der Waals surface area contributed by atoms with E-state index >= 15 is 0 Å². The summed E-state index contributed by atoms with van der Waals surface area (Å²) >= 11 is 0. The lowest BCUT2D eigenvalue weighted by atomic mass is 9.66. The van der Waals surface area contributed by atoms with Gasteiger partial charge in [-0.3, -0.25) is 0 Å². The summed E-state index contributed by atoms with van der Waals surface area (Å²) in [7, 11) is 3.02. The van der Waals surface area contributed by atoms with Gasteiger partial charge in [-0.05, 0) is 169 Å². The van der Waals surface area contributed by atoms with Gasteiger partial charge >= 0.3 is 0 Å². The van der Waals surface area contributed by atoms with Crippen molar-refractivity contribution in [2.45, 2.75) is 153 Å². The first kappa shape index (κ1) is 71.9. The number of methoxy groups -OCH3 is 4. The molecule has 494 valence electrons. The topological polar surface area (TPSA) is 129 Å². The summed E-state index contributed by atoms with van der Waals surface area (Å²) in [6, 6.07) is 44.9. The minimum absolute atomic E-state index is 0.161. The van der Waals surface area contributed by atoms with E-state index in [2.05, 4.69) is 160 Å². The van der Waals surface area contributed by atoms with Gasteiger partial charge in [-0.2, -0.15) is 0 Å². The highest BCUT2D eigenvalue weighted by Gasteiger charge is 2.44. The lowest BCUT2D eigenvalue weighted by Crippen LogP contribution is -2.41. The average Bonchev–Trinajstić information content (AvgIpc) is 0.907. The van der Waals surface area contributed by atoms with Crippen LogP contribution in [0.15, 0.2) is 133 Å². The minimum atomic E-state index is -1.72. The molecule has 6 aromatic rings. The number of benzene rings is 6. The number of hydrogen-bond donors (Lipinski definition) is 0. The van der Waals surface area contributed by atoms with Gasteiger partial charge in [0.1, 0.15) is 52.1 Å². The van der Waals surface area contributed by atoms with Crippen LogP contribution in [0, 0.1) is 12.0 Å². The Morgan fingerprint density at radius 3 is 1.30 bits per heavy atom. The molecule has 6 aromatic carbocycles. The Hall–Kier alpha value is -6.53. The quantitative estimate of drug-likeness (QED) is 0.0184. The maximum absolute atomic E-state index is 6.38. The molecule has 0 saturated carbocycles. The van der Waals surface area contributed by atoms with Crippen LogP contribution in [0.1, 0.15) is 126 Å². The highest BCUT2D eigenvalue weighted by atomic mass is 28.4. The third-order valence-corrected chi connectivity index (χ3v) is 27.5. The van der Waals surface area contributed by atoms with Gasteiger partial charge in [0, 0.05) is 76.1 Å². The van der Waals surface area contributed by atoms with Crippen molar-refractivity contribution < 1.29 is 65.7 Å². The van der Waals surface area contributed by atoms with Crippen LogP contribution in [-0.4, -0.2) is 105 Å². The van der Waals surface area contributed by atoms with Gasteiger partial charge in [0.2, 0.25) is 0 Å². The number of aryl methyl sites for hydroxylation is 2. The lowest BCUT2D eigenvalue weighted by molar-refractivity contribution is 0.0504. The Morgan fingerprint density at radius 2 is 0.835 bits per heavy atom. The molecule has 0 amide bonds. The van der Waals surface area contributed by atoms with Gasteiger partial charge in [-0.15, -0.1) is 0 Å². The fraction of sp³-hybridized carbons (Fsp3) is 0.493. The first-order valence-electron chi connectivity index (χ1n) is 31.9. The van der Waals surface area contributed by atoms with Crippen molar-refractivity contribution >= 4 is 16.6 Å². The van der Waals surface area contributed by atoms with Crippen LogP contribution in [0.25, 0.3) is 0 Å². The van der Waals surface area contributed by atoms with Crippen LogP contribution < -0.4 is 37.9 Å². The van der Waals surface area contributed by atoms with Gasteiger partial charge in [0.15, 0.2) is 43.8 Å². The molecule has 0 spiro atoms. The van der Waals surface area contributed by atoms with E-state index in [0.29, 0.717) is 31.3 Å². The molecule has 0 radical (unpaired) electrons. The van der Waals surface area contributed by atoms with Crippen molar-refractivity contribution in [3.63, 3.8) is 0 Å². The smallest absolute Gasteiger partial charge is 0.191 e.